The SMILES string of the molecule is NC(=O)c1cc2c(Oc3ccc(C(F)(F)F)cc3)cnc(Cl)c2s1. The van der Waals surface area contributed by atoms with E-state index in [4.69, 9.17) is 22.1 Å². The zero-order valence-corrected chi connectivity index (χ0v) is 13.3. The Balaban J connectivity index is 1.98. The summed E-state index contributed by atoms with van der Waals surface area (Å²) in [5.74, 6) is -0.161. The van der Waals surface area contributed by atoms with Crippen molar-refractivity contribution in [2.45, 2.75) is 6.18 Å². The van der Waals surface area contributed by atoms with Crippen LogP contribution in [0.2, 0.25) is 5.15 Å². The topological polar surface area (TPSA) is 65.2 Å². The maximum absolute atomic E-state index is 12.6. The van der Waals surface area contributed by atoms with E-state index in [1.807, 2.05) is 0 Å². The van der Waals surface area contributed by atoms with Gasteiger partial charge in [0.25, 0.3) is 5.91 Å². The van der Waals surface area contributed by atoms with Gasteiger partial charge in [-0.2, -0.15) is 13.2 Å². The predicted octanol–water partition coefficient (Wildman–Crippen LogP) is 4.86. The number of hydrogen-bond donors (Lipinski definition) is 1. The van der Waals surface area contributed by atoms with Crippen LogP contribution in [0.15, 0.2) is 36.5 Å². The second-order valence-corrected chi connectivity index (χ2v) is 6.17. The van der Waals surface area contributed by atoms with E-state index in [1.54, 1.807) is 0 Å². The molecule has 4 nitrogen and oxygen atoms in total. The van der Waals surface area contributed by atoms with Gasteiger partial charge in [0.05, 0.1) is 21.3 Å². The molecule has 3 rings (SSSR count). The normalized spacial score (nSPS) is 11.7. The van der Waals surface area contributed by atoms with Gasteiger partial charge in [-0.25, -0.2) is 4.98 Å². The first-order chi connectivity index (χ1) is 11.3. The van der Waals surface area contributed by atoms with Crippen molar-refractivity contribution in [1.82, 2.24) is 4.98 Å². The second-order valence-electron chi connectivity index (χ2n) is 4.76. The van der Waals surface area contributed by atoms with Crippen LogP contribution in [0.3, 0.4) is 0 Å². The van der Waals surface area contributed by atoms with Gasteiger partial charge in [0.15, 0.2) is 5.75 Å². The quantitative estimate of drug-likeness (QED) is 0.668. The minimum Gasteiger partial charge on any atom is -0.455 e. The summed E-state index contributed by atoms with van der Waals surface area (Å²) in [6.07, 6.45) is -3.09. The number of hydrogen-bond acceptors (Lipinski definition) is 4. The molecule has 0 spiro atoms. The monoisotopic (exact) mass is 372 g/mol. The number of nitrogens with two attached hydrogens (primary N) is 1. The molecule has 2 heterocycles. The standard InChI is InChI=1S/C15H8ClF3N2O2S/c16-13-12-9(5-11(24-12)14(20)22)10(6-21-13)23-8-3-1-7(2-4-8)15(17,18)19/h1-6H,(H2,20,22). The molecule has 0 fully saturated rings. The summed E-state index contributed by atoms with van der Waals surface area (Å²) in [6.45, 7) is 0. The summed E-state index contributed by atoms with van der Waals surface area (Å²) in [5, 5.41) is 0.691. The molecule has 2 N–H and O–H groups in total. The molecule has 0 atom stereocenters. The molecular weight excluding hydrogens is 365 g/mol. The molecule has 0 saturated heterocycles. The molecule has 2 aromatic heterocycles. The van der Waals surface area contributed by atoms with Gasteiger partial charge in [-0.15, -0.1) is 11.3 Å². The average molecular weight is 373 g/mol. The van der Waals surface area contributed by atoms with Crippen molar-refractivity contribution >= 4 is 38.9 Å². The molecule has 1 aromatic carbocycles. The average Bonchev–Trinajstić information content (AvgIpc) is 2.96. The summed E-state index contributed by atoms with van der Waals surface area (Å²) >= 11 is 7.05. The number of benzene rings is 1. The Labute approximate surface area is 142 Å². The highest BCUT2D eigenvalue weighted by atomic mass is 35.5. The van der Waals surface area contributed by atoms with Crippen LogP contribution >= 0.6 is 22.9 Å². The van der Waals surface area contributed by atoms with Gasteiger partial charge in [0.2, 0.25) is 0 Å². The Bertz CT molecular complexity index is 923. The van der Waals surface area contributed by atoms with Crippen LogP contribution < -0.4 is 10.5 Å². The third kappa shape index (κ3) is 3.15. The van der Waals surface area contributed by atoms with Crippen molar-refractivity contribution in [2.24, 2.45) is 5.73 Å². The van der Waals surface area contributed by atoms with E-state index >= 15 is 0 Å². The van der Waals surface area contributed by atoms with E-state index in [-0.39, 0.29) is 21.5 Å². The van der Waals surface area contributed by atoms with Crippen LogP contribution in [0, 0.1) is 0 Å². The van der Waals surface area contributed by atoms with Crippen LogP contribution in [0.5, 0.6) is 11.5 Å². The van der Waals surface area contributed by atoms with Crippen LogP contribution in [-0.4, -0.2) is 10.9 Å². The van der Waals surface area contributed by atoms with Gasteiger partial charge in [-0.1, -0.05) is 11.6 Å². The van der Waals surface area contributed by atoms with Gasteiger partial charge in [0, 0.05) is 5.39 Å². The molecule has 9 heteroatoms. The molecule has 1 amide bonds. The van der Waals surface area contributed by atoms with Gasteiger partial charge in [0.1, 0.15) is 10.9 Å². The Kier molecular flexibility index (Phi) is 4.10. The van der Waals surface area contributed by atoms with Gasteiger partial charge >= 0.3 is 6.18 Å². The highest BCUT2D eigenvalue weighted by Gasteiger charge is 2.30. The first kappa shape index (κ1) is 16.5. The van der Waals surface area contributed by atoms with E-state index in [1.165, 1.54) is 24.4 Å². The number of fused-ring (bicyclic) bond motifs is 1. The number of carbonyl (C=O) groups excluding carboxylic acids is 1. The summed E-state index contributed by atoms with van der Waals surface area (Å²) < 4.78 is 43.8. The van der Waals surface area contributed by atoms with Crippen LogP contribution in [0.1, 0.15) is 15.2 Å². The Morgan fingerprint density at radius 2 is 1.92 bits per heavy atom. The zero-order valence-electron chi connectivity index (χ0n) is 11.7. The molecule has 0 radical (unpaired) electrons. The maximum Gasteiger partial charge on any atom is 0.416 e. The number of thiophene rings is 1. The fourth-order valence-corrected chi connectivity index (χ4v) is 3.18. The smallest absolute Gasteiger partial charge is 0.416 e. The molecule has 0 bridgehead atoms. The highest BCUT2D eigenvalue weighted by molar-refractivity contribution is 7.21. The second kappa shape index (κ2) is 5.95. The Hall–Kier alpha value is -2.32. The molecule has 0 aliphatic carbocycles. The first-order valence-electron chi connectivity index (χ1n) is 6.48. The van der Waals surface area contributed by atoms with Gasteiger partial charge < -0.3 is 10.5 Å². The zero-order chi connectivity index (χ0) is 17.5. The predicted molar refractivity (Wildman–Crippen MR) is 84.7 cm³/mol. The van der Waals surface area contributed by atoms with E-state index in [0.717, 1.165) is 23.5 Å². The highest BCUT2D eigenvalue weighted by Crippen LogP contribution is 2.38. The van der Waals surface area contributed by atoms with Gasteiger partial charge in [-0.05, 0) is 30.3 Å². The lowest BCUT2D eigenvalue weighted by molar-refractivity contribution is -0.137. The van der Waals surface area contributed by atoms with Crippen molar-refractivity contribution in [3.05, 3.63) is 52.1 Å². The van der Waals surface area contributed by atoms with Crippen molar-refractivity contribution in [2.75, 3.05) is 0 Å². The fourth-order valence-electron chi connectivity index (χ4n) is 2.01. The third-order valence-electron chi connectivity index (χ3n) is 3.13. The van der Waals surface area contributed by atoms with E-state index in [2.05, 4.69) is 4.98 Å². The van der Waals surface area contributed by atoms with Crippen LogP contribution in [-0.2, 0) is 6.18 Å². The number of pyridine rings is 1. The van der Waals surface area contributed by atoms with Gasteiger partial charge in [-0.3, -0.25) is 4.79 Å². The largest absolute Gasteiger partial charge is 0.455 e. The maximum atomic E-state index is 12.6. The van der Waals surface area contributed by atoms with Crippen LogP contribution in [0.25, 0.3) is 10.1 Å². The lowest BCUT2D eigenvalue weighted by Crippen LogP contribution is -2.08. The minimum absolute atomic E-state index is 0.183. The number of amides is 1. The number of halogens is 4. The third-order valence-corrected chi connectivity index (χ3v) is 4.69. The van der Waals surface area contributed by atoms with Crippen molar-refractivity contribution in [3.8, 4) is 11.5 Å². The number of aromatic nitrogens is 1. The molecule has 24 heavy (non-hydrogen) atoms. The Morgan fingerprint density at radius 3 is 2.50 bits per heavy atom. The van der Waals surface area contributed by atoms with Crippen molar-refractivity contribution in [1.29, 1.82) is 0 Å². The molecule has 0 aliphatic heterocycles. The molecule has 124 valence electrons. The minimum atomic E-state index is -4.42. The number of ether oxygens (including phenoxy) is 1. The number of rotatable bonds is 3. The summed E-state index contributed by atoms with van der Waals surface area (Å²) in [5.41, 5.74) is 4.47. The van der Waals surface area contributed by atoms with Crippen molar-refractivity contribution in [3.63, 3.8) is 0 Å². The fraction of sp³-hybridized carbons (Fsp3) is 0.0667. The Morgan fingerprint density at radius 1 is 1.25 bits per heavy atom. The molecule has 0 unspecified atom stereocenters. The molecule has 3 aromatic rings. The lowest BCUT2D eigenvalue weighted by atomic mass is 10.2. The molecule has 0 aliphatic rings. The summed E-state index contributed by atoms with van der Waals surface area (Å²) in [4.78, 5) is 15.5. The first-order valence-corrected chi connectivity index (χ1v) is 7.68. The van der Waals surface area contributed by atoms with Crippen molar-refractivity contribution < 1.29 is 22.7 Å². The summed E-state index contributed by atoms with van der Waals surface area (Å²) in [7, 11) is 0. The summed E-state index contributed by atoms with van der Waals surface area (Å²) in [6, 6.07) is 5.74. The molecule has 0 saturated carbocycles. The number of carbonyl (C=O) groups is 1. The lowest BCUT2D eigenvalue weighted by Gasteiger charge is -2.09. The van der Waals surface area contributed by atoms with E-state index in [0.29, 0.717) is 10.1 Å². The number of alkyl halides is 3. The molecular formula is C15H8ClF3N2O2S. The van der Waals surface area contributed by atoms with E-state index < -0.39 is 17.6 Å². The van der Waals surface area contributed by atoms with E-state index in [9.17, 15) is 18.0 Å². The number of nitrogens with zero attached hydrogens (tertiary/aromatic N) is 1. The number of primary amides is 1. The van der Waals surface area contributed by atoms with Crippen LogP contribution in [0.4, 0.5) is 13.2 Å².